The molecule has 22 heavy (non-hydrogen) atoms. The van der Waals surface area contributed by atoms with Gasteiger partial charge >= 0.3 is 0 Å². The lowest BCUT2D eigenvalue weighted by atomic mass is 10.0. The van der Waals surface area contributed by atoms with Crippen molar-refractivity contribution in [3.8, 4) is 11.1 Å². The van der Waals surface area contributed by atoms with Crippen LogP contribution < -0.4 is 11.1 Å². The fourth-order valence-corrected chi connectivity index (χ4v) is 2.15. The van der Waals surface area contributed by atoms with Crippen molar-refractivity contribution < 1.29 is 9.53 Å². The van der Waals surface area contributed by atoms with Crippen LogP contribution in [0.5, 0.6) is 0 Å². The summed E-state index contributed by atoms with van der Waals surface area (Å²) in [6.07, 6.45) is 3.48. The van der Waals surface area contributed by atoms with E-state index in [1.807, 2.05) is 37.3 Å². The summed E-state index contributed by atoms with van der Waals surface area (Å²) in [6, 6.07) is 9.85. The topological polar surface area (TPSA) is 77.2 Å². The number of ether oxygens (including phenoxy) is 1. The summed E-state index contributed by atoms with van der Waals surface area (Å²) < 4.78 is 5.14. The van der Waals surface area contributed by atoms with Crippen LogP contribution in [0.4, 0.5) is 5.69 Å². The maximum atomic E-state index is 12.1. The Hall–Kier alpha value is -2.24. The van der Waals surface area contributed by atoms with Crippen LogP contribution in [0.25, 0.3) is 11.1 Å². The largest absolute Gasteiger partial charge is 0.380 e. The summed E-state index contributed by atoms with van der Waals surface area (Å²) in [5, 5.41) is 2.93. The van der Waals surface area contributed by atoms with Gasteiger partial charge in [0, 0.05) is 31.7 Å². The fraction of sp³-hybridized carbons (Fsp3) is 0.294. The van der Waals surface area contributed by atoms with Crippen LogP contribution >= 0.6 is 0 Å². The first-order valence-corrected chi connectivity index (χ1v) is 7.17. The number of aromatic nitrogens is 1. The molecular weight excluding hydrogens is 278 g/mol. The molecule has 1 amide bonds. The lowest BCUT2D eigenvalue weighted by Gasteiger charge is -2.14. The van der Waals surface area contributed by atoms with Gasteiger partial charge < -0.3 is 15.8 Å². The number of rotatable bonds is 6. The Morgan fingerprint density at radius 1 is 1.27 bits per heavy atom. The maximum absolute atomic E-state index is 12.1. The molecule has 0 radical (unpaired) electrons. The van der Waals surface area contributed by atoms with E-state index in [9.17, 15) is 4.79 Å². The summed E-state index contributed by atoms with van der Waals surface area (Å²) in [5.74, 6) is -0.104. The minimum Gasteiger partial charge on any atom is -0.380 e. The van der Waals surface area contributed by atoms with Crippen LogP contribution in [-0.4, -0.2) is 30.6 Å². The Kier molecular flexibility index (Phi) is 5.63. The summed E-state index contributed by atoms with van der Waals surface area (Å²) >= 11 is 0. The van der Waals surface area contributed by atoms with Crippen LogP contribution in [0.15, 0.2) is 42.7 Å². The molecule has 1 unspecified atom stereocenters. The van der Waals surface area contributed by atoms with E-state index in [0.717, 1.165) is 22.4 Å². The molecule has 116 valence electrons. The van der Waals surface area contributed by atoms with Gasteiger partial charge in [0.25, 0.3) is 0 Å². The highest BCUT2D eigenvalue weighted by molar-refractivity contribution is 5.92. The average Bonchev–Trinajstić information content (AvgIpc) is 2.55. The van der Waals surface area contributed by atoms with E-state index >= 15 is 0 Å². The molecule has 2 aromatic rings. The number of nitrogens with zero attached hydrogens (tertiary/aromatic N) is 1. The summed E-state index contributed by atoms with van der Waals surface area (Å²) in [6.45, 7) is 2.28. The number of hydrogen-bond donors (Lipinski definition) is 2. The van der Waals surface area contributed by atoms with Crippen LogP contribution in [-0.2, 0) is 9.53 Å². The van der Waals surface area contributed by atoms with Crippen molar-refractivity contribution in [3.63, 3.8) is 0 Å². The molecular formula is C17H21N3O2. The minimum atomic E-state index is -0.260. The average molecular weight is 299 g/mol. The van der Waals surface area contributed by atoms with E-state index in [4.69, 9.17) is 10.5 Å². The van der Waals surface area contributed by atoms with Gasteiger partial charge in [-0.05, 0) is 41.8 Å². The highest BCUT2D eigenvalue weighted by Crippen LogP contribution is 2.25. The first-order valence-electron chi connectivity index (χ1n) is 7.17. The van der Waals surface area contributed by atoms with Gasteiger partial charge in [0.1, 0.15) is 0 Å². The number of nitrogens with two attached hydrogens (primary N) is 1. The molecule has 0 aliphatic carbocycles. The zero-order valence-corrected chi connectivity index (χ0v) is 12.9. The highest BCUT2D eigenvalue weighted by atomic mass is 16.5. The third-order valence-electron chi connectivity index (χ3n) is 3.53. The van der Waals surface area contributed by atoms with Gasteiger partial charge in [0.05, 0.1) is 12.5 Å². The molecule has 0 bridgehead atoms. The smallest absolute Gasteiger partial charge is 0.227 e. The minimum absolute atomic E-state index is 0.104. The van der Waals surface area contributed by atoms with Crippen molar-refractivity contribution in [3.05, 3.63) is 48.3 Å². The number of nitrogens with one attached hydrogen (secondary N) is 1. The van der Waals surface area contributed by atoms with Crippen molar-refractivity contribution in [2.75, 3.05) is 19.0 Å². The van der Waals surface area contributed by atoms with E-state index in [2.05, 4.69) is 10.3 Å². The zero-order chi connectivity index (χ0) is 15.9. The second kappa shape index (κ2) is 7.68. The number of carbonyl (C=O) groups excluding carboxylic acids is 1. The van der Waals surface area contributed by atoms with Gasteiger partial charge in [-0.3, -0.25) is 9.78 Å². The van der Waals surface area contributed by atoms with Gasteiger partial charge in [-0.15, -0.1) is 0 Å². The van der Waals surface area contributed by atoms with Crippen molar-refractivity contribution in [1.29, 1.82) is 0 Å². The van der Waals surface area contributed by atoms with Crippen LogP contribution in [0, 0.1) is 6.92 Å². The van der Waals surface area contributed by atoms with Crippen LogP contribution in [0.1, 0.15) is 12.0 Å². The Labute approximate surface area is 130 Å². The van der Waals surface area contributed by atoms with Crippen molar-refractivity contribution in [1.82, 2.24) is 4.98 Å². The maximum Gasteiger partial charge on any atom is 0.227 e. The van der Waals surface area contributed by atoms with Crippen molar-refractivity contribution >= 4 is 11.6 Å². The molecule has 0 saturated carbocycles. The Morgan fingerprint density at radius 3 is 2.64 bits per heavy atom. The Balaban J connectivity index is 2.15. The fourth-order valence-electron chi connectivity index (χ4n) is 2.15. The molecule has 1 atom stereocenters. The number of methoxy groups -OCH3 is 1. The first-order chi connectivity index (χ1) is 10.6. The molecule has 1 heterocycles. The molecule has 0 aliphatic rings. The molecule has 1 aromatic carbocycles. The predicted octanol–water partition coefficient (Wildman–Crippen LogP) is 2.36. The number of benzene rings is 1. The molecule has 0 fully saturated rings. The zero-order valence-electron chi connectivity index (χ0n) is 12.9. The Morgan fingerprint density at radius 2 is 2.00 bits per heavy atom. The van der Waals surface area contributed by atoms with E-state index in [1.165, 1.54) is 0 Å². The number of amides is 1. The van der Waals surface area contributed by atoms with E-state index < -0.39 is 0 Å². The number of hydrogen-bond acceptors (Lipinski definition) is 4. The van der Waals surface area contributed by atoms with Crippen molar-refractivity contribution in [2.45, 2.75) is 19.4 Å². The molecule has 5 nitrogen and oxygen atoms in total. The molecule has 0 aliphatic heterocycles. The number of aryl methyl sites for hydroxylation is 1. The number of pyridine rings is 1. The predicted molar refractivity (Wildman–Crippen MR) is 87.5 cm³/mol. The van der Waals surface area contributed by atoms with E-state index in [-0.39, 0.29) is 18.4 Å². The molecule has 3 N–H and O–H groups in total. The second-order valence-electron chi connectivity index (χ2n) is 5.11. The van der Waals surface area contributed by atoms with Crippen LogP contribution in [0.3, 0.4) is 0 Å². The summed E-state index contributed by atoms with van der Waals surface area (Å²) in [7, 11) is 1.56. The quantitative estimate of drug-likeness (QED) is 0.858. The third-order valence-corrected chi connectivity index (χ3v) is 3.53. The third kappa shape index (κ3) is 4.13. The molecule has 2 rings (SSSR count). The molecule has 1 aromatic heterocycles. The van der Waals surface area contributed by atoms with Gasteiger partial charge in [-0.1, -0.05) is 12.1 Å². The number of anilines is 1. The van der Waals surface area contributed by atoms with E-state index in [1.54, 1.807) is 19.5 Å². The summed E-state index contributed by atoms with van der Waals surface area (Å²) in [4.78, 5) is 16.1. The van der Waals surface area contributed by atoms with Gasteiger partial charge in [0.2, 0.25) is 5.91 Å². The van der Waals surface area contributed by atoms with Crippen LogP contribution in [0.2, 0.25) is 0 Å². The van der Waals surface area contributed by atoms with Gasteiger partial charge in [-0.2, -0.15) is 0 Å². The lowest BCUT2D eigenvalue weighted by molar-refractivity contribution is -0.118. The normalized spacial score (nSPS) is 12.0. The molecule has 0 saturated heterocycles. The van der Waals surface area contributed by atoms with E-state index in [0.29, 0.717) is 6.54 Å². The highest BCUT2D eigenvalue weighted by Gasteiger charge is 2.13. The molecule has 0 spiro atoms. The Bertz CT molecular complexity index is 625. The first kappa shape index (κ1) is 16.1. The summed E-state index contributed by atoms with van der Waals surface area (Å²) in [5.41, 5.74) is 9.44. The monoisotopic (exact) mass is 299 g/mol. The van der Waals surface area contributed by atoms with Gasteiger partial charge in [0.15, 0.2) is 0 Å². The molecule has 5 heteroatoms. The second-order valence-corrected chi connectivity index (χ2v) is 5.11. The standard InChI is InChI=1S/C17H21N3O2/c1-12-3-4-14(13-5-7-19-8-6-13)9-16(12)20-17(21)10-15(11-18)22-2/h3-9,15H,10-11,18H2,1-2H3,(H,20,21). The SMILES string of the molecule is COC(CN)CC(=O)Nc1cc(-c2ccncc2)ccc1C. The number of carbonyl (C=O) groups is 1. The van der Waals surface area contributed by atoms with Gasteiger partial charge in [-0.25, -0.2) is 0 Å². The lowest BCUT2D eigenvalue weighted by Crippen LogP contribution is -2.28. The van der Waals surface area contributed by atoms with Crippen molar-refractivity contribution in [2.24, 2.45) is 5.73 Å².